The van der Waals surface area contributed by atoms with Gasteiger partial charge in [0.15, 0.2) is 12.0 Å². The van der Waals surface area contributed by atoms with Crippen molar-refractivity contribution in [2.45, 2.75) is 52.0 Å². The number of nitrogens with one attached hydrogen (secondary N) is 1. The Morgan fingerprint density at radius 3 is 2.31 bits per heavy atom. The third-order valence-corrected chi connectivity index (χ3v) is 5.12. The Hall–Kier alpha value is -3.03. The van der Waals surface area contributed by atoms with Gasteiger partial charge in [-0.1, -0.05) is 65.9 Å². The van der Waals surface area contributed by atoms with Gasteiger partial charge < -0.3 is 14.8 Å². The summed E-state index contributed by atoms with van der Waals surface area (Å²) in [5.41, 5.74) is 2.65. The van der Waals surface area contributed by atoms with Gasteiger partial charge >= 0.3 is 0 Å². The van der Waals surface area contributed by atoms with E-state index in [4.69, 9.17) is 9.47 Å². The lowest BCUT2D eigenvalue weighted by molar-refractivity contribution is -0.145. The lowest BCUT2D eigenvalue weighted by Crippen LogP contribution is -2.29. The number of aryl methyl sites for hydroxylation is 1. The molecular weight excluding hydrogens is 404 g/mol. The summed E-state index contributed by atoms with van der Waals surface area (Å²) in [6.07, 6.45) is 3.97. The van der Waals surface area contributed by atoms with Crippen LogP contribution in [-0.2, 0) is 22.4 Å². The summed E-state index contributed by atoms with van der Waals surface area (Å²) in [7, 11) is 0. The number of ether oxygens (including phenoxy) is 2. The van der Waals surface area contributed by atoms with Gasteiger partial charge in [-0.15, -0.1) is 5.10 Å². The molecular formula is C25H32N4O3. The van der Waals surface area contributed by atoms with Gasteiger partial charge in [0.1, 0.15) is 0 Å². The van der Waals surface area contributed by atoms with Crippen molar-refractivity contribution in [1.82, 2.24) is 20.3 Å². The monoisotopic (exact) mass is 436 g/mol. The number of amides is 1. The van der Waals surface area contributed by atoms with E-state index < -0.39 is 6.29 Å². The molecule has 7 heteroatoms. The van der Waals surface area contributed by atoms with Crippen LogP contribution in [0.4, 0.5) is 0 Å². The van der Waals surface area contributed by atoms with Crippen LogP contribution in [0.1, 0.15) is 54.3 Å². The number of aromatic nitrogens is 3. The zero-order chi connectivity index (χ0) is 22.6. The number of hydrogen-bond acceptors (Lipinski definition) is 5. The van der Waals surface area contributed by atoms with E-state index in [1.807, 2.05) is 50.2 Å². The summed E-state index contributed by atoms with van der Waals surface area (Å²) in [6, 6.07) is 20.3. The molecule has 170 valence electrons. The van der Waals surface area contributed by atoms with E-state index in [2.05, 4.69) is 39.9 Å². The van der Waals surface area contributed by atoms with Gasteiger partial charge in [-0.3, -0.25) is 4.79 Å². The van der Waals surface area contributed by atoms with E-state index in [0.29, 0.717) is 19.8 Å². The molecule has 0 saturated heterocycles. The Balaban J connectivity index is 1.62. The Morgan fingerprint density at radius 2 is 1.66 bits per heavy atom. The van der Waals surface area contributed by atoms with Crippen molar-refractivity contribution in [3.8, 4) is 0 Å². The highest BCUT2D eigenvalue weighted by Crippen LogP contribution is 2.20. The van der Waals surface area contributed by atoms with Crippen LogP contribution in [0, 0.1) is 0 Å². The first-order chi connectivity index (χ1) is 15.7. The van der Waals surface area contributed by atoms with Crippen molar-refractivity contribution in [2.75, 3.05) is 13.2 Å². The lowest BCUT2D eigenvalue weighted by Gasteiger charge is -2.19. The molecule has 1 unspecified atom stereocenters. The van der Waals surface area contributed by atoms with Crippen molar-refractivity contribution in [3.63, 3.8) is 0 Å². The smallest absolute Gasteiger partial charge is 0.273 e. The molecule has 0 aliphatic carbocycles. The van der Waals surface area contributed by atoms with Crippen LogP contribution in [0.25, 0.3) is 0 Å². The normalized spacial score (nSPS) is 12.1. The summed E-state index contributed by atoms with van der Waals surface area (Å²) < 4.78 is 12.7. The van der Waals surface area contributed by atoms with Crippen LogP contribution in [0.2, 0.25) is 0 Å². The van der Waals surface area contributed by atoms with Gasteiger partial charge in [0.2, 0.25) is 0 Å². The van der Waals surface area contributed by atoms with Crippen molar-refractivity contribution < 1.29 is 14.3 Å². The maximum Gasteiger partial charge on any atom is 0.273 e. The van der Waals surface area contributed by atoms with E-state index in [1.165, 1.54) is 5.56 Å². The van der Waals surface area contributed by atoms with Crippen molar-refractivity contribution in [2.24, 2.45) is 0 Å². The average Bonchev–Trinajstić information content (AvgIpc) is 3.29. The number of nitrogens with zero attached hydrogens (tertiary/aromatic N) is 3. The SMILES string of the molecule is CCOC(Cn1cc(C(=O)NC(CCCc2ccccc2)c2ccccc2)nn1)OCC. The van der Waals surface area contributed by atoms with Gasteiger partial charge in [0.25, 0.3) is 5.91 Å². The lowest BCUT2D eigenvalue weighted by atomic mass is 9.99. The van der Waals surface area contributed by atoms with Crippen LogP contribution >= 0.6 is 0 Å². The van der Waals surface area contributed by atoms with Crippen LogP contribution in [0.3, 0.4) is 0 Å². The Labute approximate surface area is 189 Å². The molecule has 32 heavy (non-hydrogen) atoms. The van der Waals surface area contributed by atoms with E-state index >= 15 is 0 Å². The molecule has 1 amide bonds. The van der Waals surface area contributed by atoms with E-state index in [0.717, 1.165) is 24.8 Å². The molecule has 0 aliphatic rings. The second-order valence-corrected chi connectivity index (χ2v) is 7.48. The molecule has 1 N–H and O–H groups in total. The zero-order valence-corrected chi connectivity index (χ0v) is 18.8. The average molecular weight is 437 g/mol. The first-order valence-electron chi connectivity index (χ1n) is 11.2. The van der Waals surface area contributed by atoms with Gasteiger partial charge in [-0.05, 0) is 44.2 Å². The molecule has 3 aromatic rings. The molecule has 1 heterocycles. The highest BCUT2D eigenvalue weighted by atomic mass is 16.7. The first-order valence-corrected chi connectivity index (χ1v) is 11.2. The van der Waals surface area contributed by atoms with Crippen LogP contribution in [0.15, 0.2) is 66.9 Å². The number of carbonyl (C=O) groups excluding carboxylic acids is 1. The molecule has 7 nitrogen and oxygen atoms in total. The number of rotatable bonds is 13. The Morgan fingerprint density at radius 1 is 1.00 bits per heavy atom. The van der Waals surface area contributed by atoms with Gasteiger partial charge in [-0.25, -0.2) is 4.68 Å². The summed E-state index contributed by atoms with van der Waals surface area (Å²) in [5.74, 6) is -0.241. The third-order valence-electron chi connectivity index (χ3n) is 5.12. The van der Waals surface area contributed by atoms with E-state index in [9.17, 15) is 4.79 Å². The summed E-state index contributed by atoms with van der Waals surface area (Å²) in [4.78, 5) is 12.9. The predicted molar refractivity (Wildman–Crippen MR) is 123 cm³/mol. The van der Waals surface area contributed by atoms with Gasteiger partial charge in [-0.2, -0.15) is 0 Å². The number of benzene rings is 2. The standard InChI is InChI=1S/C25H32N4O3/c1-3-31-24(32-4-2)19-29-18-23(27-28-29)25(30)26-22(21-15-9-6-10-16-21)17-11-14-20-12-7-5-8-13-20/h5-10,12-13,15-16,18,22,24H,3-4,11,14,17,19H2,1-2H3,(H,26,30). The predicted octanol–water partition coefficient (Wildman–Crippen LogP) is 4.17. The molecule has 0 aliphatic heterocycles. The van der Waals surface area contributed by atoms with Gasteiger partial charge in [0.05, 0.1) is 18.8 Å². The summed E-state index contributed by atoms with van der Waals surface area (Å²) in [6.45, 7) is 5.27. The molecule has 1 atom stereocenters. The first kappa shape index (κ1) is 23.6. The third kappa shape index (κ3) is 7.28. The van der Waals surface area contributed by atoms with Crippen molar-refractivity contribution in [1.29, 1.82) is 0 Å². The Kier molecular flexibility index (Phi) is 9.40. The summed E-state index contributed by atoms with van der Waals surface area (Å²) >= 11 is 0. The number of hydrogen-bond donors (Lipinski definition) is 1. The molecule has 1 aromatic heterocycles. The molecule has 0 saturated carbocycles. The van der Waals surface area contributed by atoms with Crippen molar-refractivity contribution in [3.05, 3.63) is 83.7 Å². The van der Waals surface area contributed by atoms with E-state index in [1.54, 1.807) is 10.9 Å². The molecule has 0 bridgehead atoms. The van der Waals surface area contributed by atoms with Crippen LogP contribution < -0.4 is 5.32 Å². The maximum absolute atomic E-state index is 12.9. The molecule has 0 fully saturated rings. The quantitative estimate of drug-likeness (QED) is 0.407. The fourth-order valence-corrected chi connectivity index (χ4v) is 3.56. The largest absolute Gasteiger partial charge is 0.351 e. The minimum Gasteiger partial charge on any atom is -0.351 e. The maximum atomic E-state index is 12.9. The topological polar surface area (TPSA) is 78.3 Å². The highest BCUT2D eigenvalue weighted by Gasteiger charge is 2.19. The van der Waals surface area contributed by atoms with Crippen LogP contribution in [-0.4, -0.2) is 40.4 Å². The second-order valence-electron chi connectivity index (χ2n) is 7.48. The zero-order valence-electron chi connectivity index (χ0n) is 18.8. The minimum absolute atomic E-state index is 0.0999. The number of carbonyl (C=O) groups is 1. The fourth-order valence-electron chi connectivity index (χ4n) is 3.56. The highest BCUT2D eigenvalue weighted by molar-refractivity contribution is 5.92. The minimum atomic E-state index is -0.419. The van der Waals surface area contributed by atoms with Gasteiger partial charge in [0, 0.05) is 13.2 Å². The Bertz CT molecular complexity index is 925. The molecule has 3 rings (SSSR count). The van der Waals surface area contributed by atoms with E-state index in [-0.39, 0.29) is 17.6 Å². The fraction of sp³-hybridized carbons (Fsp3) is 0.400. The second kappa shape index (κ2) is 12.7. The van der Waals surface area contributed by atoms with Crippen molar-refractivity contribution >= 4 is 5.91 Å². The molecule has 0 spiro atoms. The van der Waals surface area contributed by atoms with Crippen LogP contribution in [0.5, 0.6) is 0 Å². The molecule has 2 aromatic carbocycles. The summed E-state index contributed by atoms with van der Waals surface area (Å²) in [5, 5.41) is 11.3. The molecule has 0 radical (unpaired) electrons.